The van der Waals surface area contributed by atoms with Crippen molar-refractivity contribution in [1.82, 2.24) is 15.1 Å². The number of carbonyl (C=O) groups is 3. The molecule has 2 fully saturated rings. The van der Waals surface area contributed by atoms with Gasteiger partial charge in [-0.2, -0.15) is 0 Å². The van der Waals surface area contributed by atoms with E-state index in [0.29, 0.717) is 18.7 Å². The summed E-state index contributed by atoms with van der Waals surface area (Å²) >= 11 is 0. The summed E-state index contributed by atoms with van der Waals surface area (Å²) in [6, 6.07) is 8.38. The molecule has 2 unspecified atom stereocenters. The molecule has 7 nitrogen and oxygen atoms in total. The van der Waals surface area contributed by atoms with Gasteiger partial charge in [-0.15, -0.1) is 0 Å². The summed E-state index contributed by atoms with van der Waals surface area (Å²) < 4.78 is 5.73. The summed E-state index contributed by atoms with van der Waals surface area (Å²) in [6.07, 6.45) is 1.52. The molecule has 4 rings (SSSR count). The molecule has 0 aliphatic carbocycles. The molecule has 0 spiro atoms. The Kier molecular flexibility index (Phi) is 3.71. The molecule has 0 radical (unpaired) electrons. The topological polar surface area (TPSA) is 82.9 Å². The number of nitrogens with zero attached hydrogens (tertiary/aromatic N) is 2. The van der Waals surface area contributed by atoms with Gasteiger partial charge >= 0.3 is 6.03 Å². The van der Waals surface area contributed by atoms with E-state index < -0.39 is 0 Å². The van der Waals surface area contributed by atoms with E-state index in [1.807, 2.05) is 37.3 Å². The van der Waals surface area contributed by atoms with E-state index in [1.165, 1.54) is 0 Å². The third kappa shape index (κ3) is 2.65. The highest BCUT2D eigenvalue weighted by atomic mass is 16.3. The lowest BCUT2D eigenvalue weighted by Crippen LogP contribution is -2.42. The molecule has 3 heterocycles. The third-order valence-electron chi connectivity index (χ3n) is 4.83. The number of imide groups is 1. The van der Waals surface area contributed by atoms with Crippen molar-refractivity contribution in [2.24, 2.45) is 0 Å². The number of fused-ring (bicyclic) bond motifs is 2. The Morgan fingerprint density at radius 1 is 1.36 bits per heavy atom. The molecule has 2 aliphatic rings. The SMILES string of the molecule is CC(NC(=O)CN1C(=O)C2CCCN2C1=O)c1cc2ccccc2o1. The van der Waals surface area contributed by atoms with E-state index >= 15 is 0 Å². The Morgan fingerprint density at radius 2 is 2.16 bits per heavy atom. The molecule has 2 aromatic rings. The molecule has 1 aromatic heterocycles. The second-order valence-electron chi connectivity index (χ2n) is 6.53. The van der Waals surface area contributed by atoms with Crippen LogP contribution in [0.5, 0.6) is 0 Å². The maximum atomic E-state index is 12.3. The van der Waals surface area contributed by atoms with E-state index in [9.17, 15) is 14.4 Å². The van der Waals surface area contributed by atoms with Crippen LogP contribution in [0.25, 0.3) is 11.0 Å². The van der Waals surface area contributed by atoms with Gasteiger partial charge in [-0.05, 0) is 31.9 Å². The number of carbonyl (C=O) groups excluding carboxylic acids is 3. The number of para-hydroxylation sites is 1. The number of furan rings is 1. The van der Waals surface area contributed by atoms with Gasteiger partial charge in [-0.3, -0.25) is 14.5 Å². The fourth-order valence-electron chi connectivity index (χ4n) is 3.54. The molecule has 130 valence electrons. The molecule has 1 N–H and O–H groups in total. The van der Waals surface area contributed by atoms with Crippen molar-refractivity contribution in [2.75, 3.05) is 13.1 Å². The Hall–Kier alpha value is -2.83. The minimum atomic E-state index is -0.381. The zero-order chi connectivity index (χ0) is 17.6. The van der Waals surface area contributed by atoms with Crippen LogP contribution in [-0.2, 0) is 9.59 Å². The van der Waals surface area contributed by atoms with E-state index in [2.05, 4.69) is 5.32 Å². The Labute approximate surface area is 144 Å². The summed E-state index contributed by atoms with van der Waals surface area (Å²) in [6.45, 7) is 2.14. The predicted molar refractivity (Wildman–Crippen MR) is 89.6 cm³/mol. The number of urea groups is 1. The normalized spacial score (nSPS) is 21.1. The van der Waals surface area contributed by atoms with Crippen LogP contribution in [0.2, 0.25) is 0 Å². The van der Waals surface area contributed by atoms with Crippen molar-refractivity contribution in [3.63, 3.8) is 0 Å². The van der Waals surface area contributed by atoms with Gasteiger partial charge in [0.25, 0.3) is 5.91 Å². The highest BCUT2D eigenvalue weighted by molar-refractivity contribution is 6.06. The molecule has 0 bridgehead atoms. The fourth-order valence-corrected chi connectivity index (χ4v) is 3.54. The van der Waals surface area contributed by atoms with Gasteiger partial charge in [0.2, 0.25) is 5.91 Å². The lowest BCUT2D eigenvalue weighted by molar-refractivity contribution is -0.132. The van der Waals surface area contributed by atoms with Crippen LogP contribution >= 0.6 is 0 Å². The predicted octanol–water partition coefficient (Wildman–Crippen LogP) is 2.04. The molecule has 0 saturated carbocycles. The van der Waals surface area contributed by atoms with Crippen molar-refractivity contribution in [3.05, 3.63) is 36.1 Å². The lowest BCUT2D eigenvalue weighted by Gasteiger charge is -2.17. The lowest BCUT2D eigenvalue weighted by atomic mass is 10.2. The monoisotopic (exact) mass is 341 g/mol. The summed E-state index contributed by atoms with van der Waals surface area (Å²) in [5, 5.41) is 3.76. The number of rotatable bonds is 4. The zero-order valence-electron chi connectivity index (χ0n) is 13.9. The first-order valence-electron chi connectivity index (χ1n) is 8.44. The first-order chi connectivity index (χ1) is 12.0. The summed E-state index contributed by atoms with van der Waals surface area (Å²) in [5.41, 5.74) is 0.754. The molecule has 2 atom stereocenters. The average Bonchev–Trinajstić information content (AvgIpc) is 3.28. The van der Waals surface area contributed by atoms with Gasteiger partial charge in [0.05, 0.1) is 6.04 Å². The van der Waals surface area contributed by atoms with Crippen molar-refractivity contribution in [1.29, 1.82) is 0 Å². The second-order valence-corrected chi connectivity index (χ2v) is 6.53. The highest BCUT2D eigenvalue weighted by Crippen LogP contribution is 2.27. The van der Waals surface area contributed by atoms with E-state index in [1.54, 1.807) is 4.90 Å². The second kappa shape index (κ2) is 5.91. The molecule has 25 heavy (non-hydrogen) atoms. The van der Waals surface area contributed by atoms with Crippen LogP contribution in [0.15, 0.2) is 34.7 Å². The van der Waals surface area contributed by atoms with Gasteiger partial charge in [-0.25, -0.2) is 4.79 Å². The highest BCUT2D eigenvalue weighted by Gasteiger charge is 2.47. The quantitative estimate of drug-likeness (QED) is 0.863. The zero-order valence-corrected chi connectivity index (χ0v) is 13.9. The first kappa shape index (κ1) is 15.7. The number of hydrogen-bond acceptors (Lipinski definition) is 4. The Morgan fingerprint density at radius 3 is 2.92 bits per heavy atom. The fraction of sp³-hybridized carbons (Fsp3) is 0.389. The molecule has 2 aliphatic heterocycles. The standard InChI is InChI=1S/C18H19N3O4/c1-11(15-9-12-5-2-3-7-14(12)25-15)19-16(22)10-21-17(23)13-6-4-8-20(13)18(21)24/h2-3,5,7,9,11,13H,4,6,8,10H2,1H3,(H,19,22). The van der Waals surface area contributed by atoms with Crippen LogP contribution in [0.1, 0.15) is 31.6 Å². The van der Waals surface area contributed by atoms with E-state index in [-0.39, 0.29) is 36.5 Å². The largest absolute Gasteiger partial charge is 0.459 e. The van der Waals surface area contributed by atoms with Crippen molar-refractivity contribution < 1.29 is 18.8 Å². The van der Waals surface area contributed by atoms with Crippen LogP contribution in [0, 0.1) is 0 Å². The Balaban J connectivity index is 1.42. The van der Waals surface area contributed by atoms with Gasteiger partial charge in [0, 0.05) is 11.9 Å². The van der Waals surface area contributed by atoms with Crippen LogP contribution in [-0.4, -0.2) is 46.8 Å². The number of nitrogens with one attached hydrogen (secondary N) is 1. The van der Waals surface area contributed by atoms with E-state index in [4.69, 9.17) is 4.42 Å². The molecule has 1 aromatic carbocycles. The maximum absolute atomic E-state index is 12.3. The maximum Gasteiger partial charge on any atom is 0.327 e. The summed E-state index contributed by atoms with van der Waals surface area (Å²) in [7, 11) is 0. The first-order valence-corrected chi connectivity index (χ1v) is 8.44. The minimum Gasteiger partial charge on any atom is -0.459 e. The smallest absolute Gasteiger partial charge is 0.327 e. The van der Waals surface area contributed by atoms with Gasteiger partial charge < -0.3 is 14.6 Å². The third-order valence-corrected chi connectivity index (χ3v) is 4.83. The van der Waals surface area contributed by atoms with Crippen LogP contribution in [0.3, 0.4) is 0 Å². The van der Waals surface area contributed by atoms with Crippen LogP contribution in [0.4, 0.5) is 4.79 Å². The summed E-state index contributed by atoms with van der Waals surface area (Å²) in [5.74, 6) is -0.0147. The number of benzene rings is 1. The van der Waals surface area contributed by atoms with Crippen LogP contribution < -0.4 is 5.32 Å². The molecule has 2 saturated heterocycles. The van der Waals surface area contributed by atoms with Gasteiger partial charge in [-0.1, -0.05) is 18.2 Å². The Bertz CT molecular complexity index is 804. The van der Waals surface area contributed by atoms with Crippen molar-refractivity contribution >= 4 is 28.8 Å². The molecule has 7 heteroatoms. The van der Waals surface area contributed by atoms with E-state index in [0.717, 1.165) is 22.3 Å². The van der Waals surface area contributed by atoms with Crippen molar-refractivity contribution in [3.8, 4) is 0 Å². The summed E-state index contributed by atoms with van der Waals surface area (Å²) in [4.78, 5) is 39.4. The number of amides is 4. The molecular weight excluding hydrogens is 322 g/mol. The molecule has 4 amide bonds. The van der Waals surface area contributed by atoms with Crippen molar-refractivity contribution in [2.45, 2.75) is 31.8 Å². The number of hydrogen-bond donors (Lipinski definition) is 1. The average molecular weight is 341 g/mol. The minimum absolute atomic E-state index is 0.255. The van der Waals surface area contributed by atoms with Gasteiger partial charge in [0.1, 0.15) is 23.9 Å². The molecular formula is C18H19N3O4. The van der Waals surface area contributed by atoms with Gasteiger partial charge in [0.15, 0.2) is 0 Å².